The first-order valence-electron chi connectivity index (χ1n) is 3.25. The van der Waals surface area contributed by atoms with E-state index in [1.54, 1.807) is 0 Å². The zero-order valence-corrected chi connectivity index (χ0v) is 6.81. The van der Waals surface area contributed by atoms with Crippen molar-refractivity contribution < 1.29 is 4.74 Å². The lowest BCUT2D eigenvalue weighted by molar-refractivity contribution is 0.339. The molecule has 4 heteroatoms. The first-order chi connectivity index (χ1) is 5.24. The largest absolute Gasteiger partial charge is 0.492 e. The van der Waals surface area contributed by atoms with E-state index in [0.717, 1.165) is 0 Å². The number of nitrogens with one attached hydrogen (secondary N) is 1. The molecule has 0 amide bonds. The SMILES string of the molecule is CCOc1cc(=O)[nH]cc1Cl. The number of aromatic amines is 1. The van der Waals surface area contributed by atoms with Gasteiger partial charge in [0.1, 0.15) is 5.75 Å². The Morgan fingerprint density at radius 1 is 1.73 bits per heavy atom. The maximum absolute atomic E-state index is 10.7. The number of pyridine rings is 1. The van der Waals surface area contributed by atoms with Gasteiger partial charge in [0.05, 0.1) is 11.6 Å². The molecule has 0 bridgehead atoms. The fourth-order valence-corrected chi connectivity index (χ4v) is 0.865. The summed E-state index contributed by atoms with van der Waals surface area (Å²) < 4.78 is 5.07. The van der Waals surface area contributed by atoms with Gasteiger partial charge in [0, 0.05) is 12.3 Å². The molecule has 0 aliphatic carbocycles. The molecule has 0 unspecified atom stereocenters. The van der Waals surface area contributed by atoms with E-state index in [4.69, 9.17) is 16.3 Å². The van der Waals surface area contributed by atoms with Crippen LogP contribution in [0.4, 0.5) is 0 Å². The molecule has 1 aromatic heterocycles. The summed E-state index contributed by atoms with van der Waals surface area (Å²) in [6.45, 7) is 2.33. The third-order valence-electron chi connectivity index (χ3n) is 1.14. The first-order valence-corrected chi connectivity index (χ1v) is 3.63. The minimum atomic E-state index is -0.210. The Kier molecular flexibility index (Phi) is 2.54. The van der Waals surface area contributed by atoms with E-state index in [1.165, 1.54) is 12.3 Å². The highest BCUT2D eigenvalue weighted by atomic mass is 35.5. The molecule has 1 rings (SSSR count). The Morgan fingerprint density at radius 3 is 3.09 bits per heavy atom. The smallest absolute Gasteiger partial charge is 0.251 e. The molecular formula is C7H8ClNO2. The van der Waals surface area contributed by atoms with Crippen molar-refractivity contribution >= 4 is 11.6 Å². The van der Waals surface area contributed by atoms with E-state index < -0.39 is 0 Å². The van der Waals surface area contributed by atoms with E-state index in [0.29, 0.717) is 17.4 Å². The molecule has 0 saturated heterocycles. The molecule has 0 aliphatic rings. The second-order valence-corrected chi connectivity index (χ2v) is 2.35. The minimum Gasteiger partial charge on any atom is -0.492 e. The number of rotatable bonds is 2. The number of halogens is 1. The van der Waals surface area contributed by atoms with Crippen LogP contribution in [-0.2, 0) is 0 Å². The molecule has 0 aromatic carbocycles. The summed E-state index contributed by atoms with van der Waals surface area (Å²) in [5.74, 6) is 0.429. The van der Waals surface area contributed by atoms with Crippen molar-refractivity contribution in [3.63, 3.8) is 0 Å². The van der Waals surface area contributed by atoms with Gasteiger partial charge >= 0.3 is 0 Å². The van der Waals surface area contributed by atoms with Crippen LogP contribution in [0.1, 0.15) is 6.92 Å². The van der Waals surface area contributed by atoms with Crippen LogP contribution in [0.25, 0.3) is 0 Å². The fourth-order valence-electron chi connectivity index (χ4n) is 0.701. The van der Waals surface area contributed by atoms with Crippen molar-refractivity contribution in [2.75, 3.05) is 6.61 Å². The molecule has 0 fully saturated rings. The maximum Gasteiger partial charge on any atom is 0.251 e. The van der Waals surface area contributed by atoms with Crippen LogP contribution >= 0.6 is 11.6 Å². The molecule has 0 atom stereocenters. The number of hydrogen-bond acceptors (Lipinski definition) is 2. The molecular weight excluding hydrogens is 166 g/mol. The Labute approximate surface area is 69.0 Å². The highest BCUT2D eigenvalue weighted by Gasteiger charge is 1.99. The molecule has 1 aromatic rings. The van der Waals surface area contributed by atoms with Crippen molar-refractivity contribution in [2.24, 2.45) is 0 Å². The quantitative estimate of drug-likeness (QED) is 0.735. The van der Waals surface area contributed by atoms with E-state index in [1.807, 2.05) is 6.92 Å². The van der Waals surface area contributed by atoms with E-state index >= 15 is 0 Å². The average Bonchev–Trinajstić information content (AvgIpc) is 1.98. The topological polar surface area (TPSA) is 42.1 Å². The maximum atomic E-state index is 10.7. The number of ether oxygens (including phenoxy) is 1. The molecule has 60 valence electrons. The molecule has 3 nitrogen and oxygen atoms in total. The van der Waals surface area contributed by atoms with Crippen LogP contribution in [-0.4, -0.2) is 11.6 Å². The highest BCUT2D eigenvalue weighted by Crippen LogP contribution is 2.19. The standard InChI is InChI=1S/C7H8ClNO2/c1-2-11-6-3-7(10)9-4-5(6)8/h3-4H,2H2,1H3,(H,9,10). The Hall–Kier alpha value is -0.960. The highest BCUT2D eigenvalue weighted by molar-refractivity contribution is 6.31. The van der Waals surface area contributed by atoms with Crippen LogP contribution in [0.3, 0.4) is 0 Å². The summed E-state index contributed by atoms with van der Waals surface area (Å²) in [6.07, 6.45) is 1.41. The average molecular weight is 174 g/mol. The van der Waals surface area contributed by atoms with Crippen LogP contribution in [0.2, 0.25) is 5.02 Å². The molecule has 11 heavy (non-hydrogen) atoms. The molecule has 0 aliphatic heterocycles. The number of hydrogen-bond donors (Lipinski definition) is 1. The summed E-state index contributed by atoms with van der Waals surface area (Å²) >= 11 is 5.68. The fraction of sp³-hybridized carbons (Fsp3) is 0.286. The van der Waals surface area contributed by atoms with Gasteiger partial charge in [0.2, 0.25) is 0 Å². The molecule has 0 radical (unpaired) electrons. The van der Waals surface area contributed by atoms with Gasteiger partial charge in [-0.2, -0.15) is 0 Å². The second-order valence-electron chi connectivity index (χ2n) is 1.94. The Bertz CT molecular complexity index is 295. The van der Waals surface area contributed by atoms with Crippen molar-refractivity contribution in [1.82, 2.24) is 4.98 Å². The lowest BCUT2D eigenvalue weighted by Crippen LogP contribution is -2.04. The van der Waals surface area contributed by atoms with Gasteiger partial charge < -0.3 is 9.72 Å². The van der Waals surface area contributed by atoms with Crippen molar-refractivity contribution in [2.45, 2.75) is 6.92 Å². The molecule has 0 spiro atoms. The summed E-state index contributed by atoms with van der Waals surface area (Å²) in [5, 5.41) is 0.423. The summed E-state index contributed by atoms with van der Waals surface area (Å²) in [6, 6.07) is 1.33. The van der Waals surface area contributed by atoms with Crippen molar-refractivity contribution in [1.29, 1.82) is 0 Å². The van der Waals surface area contributed by atoms with Gasteiger partial charge in [-0.15, -0.1) is 0 Å². The third kappa shape index (κ3) is 1.98. The van der Waals surface area contributed by atoms with Gasteiger partial charge in [-0.1, -0.05) is 11.6 Å². The van der Waals surface area contributed by atoms with Crippen molar-refractivity contribution in [3.05, 3.63) is 27.6 Å². The van der Waals surface area contributed by atoms with E-state index in [9.17, 15) is 4.79 Å². The predicted octanol–water partition coefficient (Wildman–Crippen LogP) is 1.43. The molecule has 0 saturated carbocycles. The lowest BCUT2D eigenvalue weighted by Gasteiger charge is -2.02. The zero-order chi connectivity index (χ0) is 8.27. The van der Waals surface area contributed by atoms with Gasteiger partial charge in [0.25, 0.3) is 5.56 Å². The van der Waals surface area contributed by atoms with Gasteiger partial charge in [-0.3, -0.25) is 4.79 Å². The Morgan fingerprint density at radius 2 is 2.45 bits per heavy atom. The van der Waals surface area contributed by atoms with Crippen LogP contribution in [0, 0.1) is 0 Å². The van der Waals surface area contributed by atoms with E-state index in [-0.39, 0.29) is 5.56 Å². The second kappa shape index (κ2) is 3.44. The van der Waals surface area contributed by atoms with Crippen LogP contribution in [0.5, 0.6) is 5.75 Å². The number of aromatic nitrogens is 1. The monoisotopic (exact) mass is 173 g/mol. The van der Waals surface area contributed by atoms with Gasteiger partial charge in [-0.05, 0) is 6.92 Å². The van der Waals surface area contributed by atoms with Crippen LogP contribution < -0.4 is 10.3 Å². The summed E-state index contributed by atoms with van der Waals surface area (Å²) in [4.78, 5) is 13.2. The van der Waals surface area contributed by atoms with Crippen molar-refractivity contribution in [3.8, 4) is 5.75 Å². The lowest BCUT2D eigenvalue weighted by atomic mass is 10.4. The third-order valence-corrected chi connectivity index (χ3v) is 1.43. The molecule has 1 heterocycles. The minimum absolute atomic E-state index is 0.210. The normalized spacial score (nSPS) is 9.64. The van der Waals surface area contributed by atoms with E-state index in [2.05, 4.69) is 4.98 Å². The zero-order valence-electron chi connectivity index (χ0n) is 6.06. The van der Waals surface area contributed by atoms with Gasteiger partial charge in [0.15, 0.2) is 0 Å². The van der Waals surface area contributed by atoms with Crippen LogP contribution in [0.15, 0.2) is 17.1 Å². The molecule has 1 N–H and O–H groups in total. The first kappa shape index (κ1) is 8.14. The number of H-pyrrole nitrogens is 1. The Balaban J connectivity index is 3.02. The predicted molar refractivity (Wildman–Crippen MR) is 43.2 cm³/mol. The summed E-state index contributed by atoms with van der Waals surface area (Å²) in [5.41, 5.74) is -0.210. The summed E-state index contributed by atoms with van der Waals surface area (Å²) in [7, 11) is 0. The van der Waals surface area contributed by atoms with Gasteiger partial charge in [-0.25, -0.2) is 0 Å².